The molecule has 0 bridgehead atoms. The van der Waals surface area contributed by atoms with E-state index in [1.807, 2.05) is 42.5 Å². The van der Waals surface area contributed by atoms with Crippen LogP contribution in [0.1, 0.15) is 56.8 Å². The monoisotopic (exact) mass is 322 g/mol. The zero-order valence-corrected chi connectivity index (χ0v) is 14.8. The molecule has 24 heavy (non-hydrogen) atoms. The molecule has 1 aliphatic carbocycles. The molecule has 0 spiro atoms. The SMILES string of the molecule is CC(C)(C)C1CCC(=NNC(=O)c2cccc3ccccc23)CC1. The second-order valence-electron chi connectivity index (χ2n) is 7.79. The van der Waals surface area contributed by atoms with E-state index in [-0.39, 0.29) is 5.91 Å². The van der Waals surface area contributed by atoms with E-state index in [0.717, 1.165) is 48.1 Å². The maximum atomic E-state index is 12.5. The van der Waals surface area contributed by atoms with Gasteiger partial charge in [0.05, 0.1) is 0 Å². The first kappa shape index (κ1) is 16.7. The Kier molecular flexibility index (Phi) is 4.70. The smallest absolute Gasteiger partial charge is 0.267 e. The molecule has 0 aliphatic heterocycles. The summed E-state index contributed by atoms with van der Waals surface area (Å²) < 4.78 is 0. The summed E-state index contributed by atoms with van der Waals surface area (Å²) in [6.07, 6.45) is 4.29. The molecule has 3 heteroatoms. The van der Waals surface area contributed by atoms with Crippen LogP contribution in [0.4, 0.5) is 0 Å². The van der Waals surface area contributed by atoms with Gasteiger partial charge in [-0.1, -0.05) is 57.2 Å². The minimum absolute atomic E-state index is 0.128. The molecular weight excluding hydrogens is 296 g/mol. The average molecular weight is 322 g/mol. The zero-order chi connectivity index (χ0) is 17.2. The van der Waals surface area contributed by atoms with Crippen molar-refractivity contribution < 1.29 is 4.79 Å². The molecule has 2 aromatic rings. The molecular formula is C21H26N2O. The molecule has 1 fully saturated rings. The normalized spacial score (nSPS) is 18.5. The van der Waals surface area contributed by atoms with Crippen LogP contribution in [0.15, 0.2) is 47.6 Å². The maximum absolute atomic E-state index is 12.5. The summed E-state index contributed by atoms with van der Waals surface area (Å²) in [5.74, 6) is 0.613. The first-order valence-corrected chi connectivity index (χ1v) is 8.78. The molecule has 1 saturated carbocycles. The molecule has 2 aromatic carbocycles. The second-order valence-corrected chi connectivity index (χ2v) is 7.79. The lowest BCUT2D eigenvalue weighted by atomic mass is 9.72. The van der Waals surface area contributed by atoms with Crippen LogP contribution in [-0.4, -0.2) is 11.6 Å². The highest BCUT2D eigenvalue weighted by Crippen LogP contribution is 2.36. The Labute approximate surface area is 144 Å². The molecule has 3 rings (SSSR count). The van der Waals surface area contributed by atoms with Gasteiger partial charge in [0.1, 0.15) is 0 Å². The van der Waals surface area contributed by atoms with Crippen molar-refractivity contribution in [3.63, 3.8) is 0 Å². The molecule has 126 valence electrons. The fraction of sp³-hybridized carbons (Fsp3) is 0.429. The van der Waals surface area contributed by atoms with Crippen LogP contribution in [0.2, 0.25) is 0 Å². The minimum Gasteiger partial charge on any atom is -0.267 e. The van der Waals surface area contributed by atoms with Crippen LogP contribution >= 0.6 is 0 Å². The van der Waals surface area contributed by atoms with Gasteiger partial charge in [0.15, 0.2) is 0 Å². The van der Waals surface area contributed by atoms with E-state index in [4.69, 9.17) is 0 Å². The number of benzene rings is 2. The lowest BCUT2D eigenvalue weighted by molar-refractivity contribution is 0.0956. The second kappa shape index (κ2) is 6.76. The standard InChI is InChI=1S/C21H26N2O/c1-21(2,3)16-11-13-17(14-12-16)22-23-20(24)19-10-6-8-15-7-4-5-9-18(15)19/h4-10,16H,11-14H2,1-3H3,(H,23,24). The van der Waals surface area contributed by atoms with E-state index < -0.39 is 0 Å². The topological polar surface area (TPSA) is 41.5 Å². The van der Waals surface area contributed by atoms with E-state index in [0.29, 0.717) is 11.0 Å². The van der Waals surface area contributed by atoms with Gasteiger partial charge in [0, 0.05) is 11.3 Å². The summed E-state index contributed by atoms with van der Waals surface area (Å²) in [4.78, 5) is 12.5. The quantitative estimate of drug-likeness (QED) is 0.762. The summed E-state index contributed by atoms with van der Waals surface area (Å²) in [6, 6.07) is 13.7. The van der Waals surface area contributed by atoms with Crippen molar-refractivity contribution in [2.24, 2.45) is 16.4 Å². The fourth-order valence-corrected chi connectivity index (χ4v) is 3.54. The van der Waals surface area contributed by atoms with Gasteiger partial charge in [-0.3, -0.25) is 4.79 Å². The highest BCUT2D eigenvalue weighted by atomic mass is 16.2. The third kappa shape index (κ3) is 3.66. The predicted octanol–water partition coefficient (Wildman–Crippen LogP) is 5.16. The number of hydrogen-bond acceptors (Lipinski definition) is 2. The summed E-state index contributed by atoms with van der Waals surface area (Å²) in [5.41, 5.74) is 4.92. The van der Waals surface area contributed by atoms with Crippen molar-refractivity contribution in [3.05, 3.63) is 48.0 Å². The summed E-state index contributed by atoms with van der Waals surface area (Å²) >= 11 is 0. The molecule has 0 radical (unpaired) electrons. The van der Waals surface area contributed by atoms with Crippen molar-refractivity contribution in [3.8, 4) is 0 Å². The van der Waals surface area contributed by atoms with Crippen molar-refractivity contribution in [1.29, 1.82) is 0 Å². The van der Waals surface area contributed by atoms with Crippen molar-refractivity contribution in [2.75, 3.05) is 0 Å². The van der Waals surface area contributed by atoms with E-state index in [9.17, 15) is 4.79 Å². The van der Waals surface area contributed by atoms with Gasteiger partial charge in [-0.15, -0.1) is 0 Å². The number of nitrogens with one attached hydrogen (secondary N) is 1. The molecule has 0 atom stereocenters. The number of hydrogen-bond donors (Lipinski definition) is 1. The van der Waals surface area contributed by atoms with Gasteiger partial charge in [-0.25, -0.2) is 5.43 Å². The third-order valence-electron chi connectivity index (χ3n) is 5.14. The van der Waals surface area contributed by atoms with E-state index in [2.05, 4.69) is 31.3 Å². The number of carbonyl (C=O) groups is 1. The van der Waals surface area contributed by atoms with Crippen molar-refractivity contribution in [1.82, 2.24) is 5.43 Å². The van der Waals surface area contributed by atoms with Crippen molar-refractivity contribution >= 4 is 22.4 Å². The molecule has 0 aromatic heterocycles. The molecule has 1 amide bonds. The van der Waals surface area contributed by atoms with Crippen LogP contribution in [0.25, 0.3) is 10.8 Å². The largest absolute Gasteiger partial charge is 0.271 e. The van der Waals surface area contributed by atoms with Gasteiger partial charge in [-0.05, 0) is 53.9 Å². The van der Waals surface area contributed by atoms with Crippen LogP contribution in [0, 0.1) is 11.3 Å². The highest BCUT2D eigenvalue weighted by molar-refractivity contribution is 6.07. The molecule has 3 nitrogen and oxygen atoms in total. The maximum Gasteiger partial charge on any atom is 0.271 e. The number of nitrogens with zero attached hydrogens (tertiary/aromatic N) is 1. The molecule has 0 unspecified atom stereocenters. The van der Waals surface area contributed by atoms with E-state index in [1.165, 1.54) is 0 Å². The fourth-order valence-electron chi connectivity index (χ4n) is 3.54. The lowest BCUT2D eigenvalue weighted by Crippen LogP contribution is -2.27. The Balaban J connectivity index is 1.68. The Hall–Kier alpha value is -2.16. The Bertz CT molecular complexity index is 755. The first-order valence-electron chi connectivity index (χ1n) is 8.78. The molecule has 1 N–H and O–H groups in total. The summed E-state index contributed by atoms with van der Waals surface area (Å²) in [6.45, 7) is 6.92. The predicted molar refractivity (Wildman–Crippen MR) is 100 cm³/mol. The Morgan fingerprint density at radius 3 is 2.42 bits per heavy atom. The number of rotatable bonds is 2. The number of amides is 1. The van der Waals surface area contributed by atoms with E-state index in [1.54, 1.807) is 0 Å². The minimum atomic E-state index is -0.128. The van der Waals surface area contributed by atoms with Crippen LogP contribution in [0.3, 0.4) is 0 Å². The van der Waals surface area contributed by atoms with E-state index >= 15 is 0 Å². The van der Waals surface area contributed by atoms with Gasteiger partial charge in [-0.2, -0.15) is 5.10 Å². The Morgan fingerprint density at radius 1 is 1.04 bits per heavy atom. The highest BCUT2D eigenvalue weighted by Gasteiger charge is 2.28. The Morgan fingerprint density at radius 2 is 1.71 bits per heavy atom. The van der Waals surface area contributed by atoms with Gasteiger partial charge >= 0.3 is 0 Å². The summed E-state index contributed by atoms with van der Waals surface area (Å²) in [5, 5.41) is 6.44. The van der Waals surface area contributed by atoms with Crippen LogP contribution in [0.5, 0.6) is 0 Å². The van der Waals surface area contributed by atoms with Crippen LogP contribution in [-0.2, 0) is 0 Å². The lowest BCUT2D eigenvalue weighted by Gasteiger charge is -2.34. The van der Waals surface area contributed by atoms with Gasteiger partial charge in [0.25, 0.3) is 5.91 Å². The molecule has 1 aliphatic rings. The number of fused-ring (bicyclic) bond motifs is 1. The summed E-state index contributed by atoms with van der Waals surface area (Å²) in [7, 11) is 0. The first-order chi connectivity index (χ1) is 11.4. The van der Waals surface area contributed by atoms with Gasteiger partial charge < -0.3 is 0 Å². The third-order valence-corrected chi connectivity index (χ3v) is 5.14. The number of hydrazone groups is 1. The van der Waals surface area contributed by atoms with Gasteiger partial charge in [0.2, 0.25) is 0 Å². The average Bonchev–Trinajstić information content (AvgIpc) is 2.59. The van der Waals surface area contributed by atoms with Crippen molar-refractivity contribution in [2.45, 2.75) is 46.5 Å². The molecule has 0 heterocycles. The number of carbonyl (C=O) groups excluding carboxylic acids is 1. The zero-order valence-electron chi connectivity index (χ0n) is 14.8. The van der Waals surface area contributed by atoms with Crippen LogP contribution < -0.4 is 5.43 Å². The molecule has 0 saturated heterocycles.